The van der Waals surface area contributed by atoms with Crippen molar-refractivity contribution < 1.29 is 31.1 Å². The Bertz CT molecular complexity index is 1120. The molecule has 2 aromatic rings. The van der Waals surface area contributed by atoms with Crippen LogP contribution >= 0.6 is 0 Å². The average Bonchev–Trinajstić information content (AvgIpc) is 3.19. The quantitative estimate of drug-likeness (QED) is 0.739. The number of allylic oxidation sites excluding steroid dienone is 1. The molecule has 3 heterocycles. The summed E-state index contributed by atoms with van der Waals surface area (Å²) in [6.07, 6.45) is 0.119. The summed E-state index contributed by atoms with van der Waals surface area (Å²) in [5, 5.41) is 6.24. The second kappa shape index (κ2) is 7.17. The maximum Gasteiger partial charge on any atom is 0.414 e. The lowest BCUT2D eigenvalue weighted by atomic mass is 10.0. The molecule has 1 amide bonds. The molecule has 1 saturated heterocycles. The third-order valence-corrected chi connectivity index (χ3v) is 6.27. The summed E-state index contributed by atoms with van der Waals surface area (Å²) < 4.78 is 69.8. The fraction of sp³-hybridized carbons (Fsp3) is 0.353. The van der Waals surface area contributed by atoms with Crippen molar-refractivity contribution in [3.63, 3.8) is 0 Å². The minimum Gasteiger partial charge on any atom is -0.442 e. The zero-order valence-corrected chi connectivity index (χ0v) is 15.7. The van der Waals surface area contributed by atoms with Crippen molar-refractivity contribution in [1.82, 2.24) is 15.0 Å². The standard InChI is InChI=1S/C17H15F3N4O4S/c18-14-7-11(1-2-13(14)10-3-5-29(26,27)6-4-10)23-8-12(28-17(23)25)9-24-16(20)15(19)21-22-24/h1-3,7,12H,4-6,8-9H2/t12-/m1/s1. The van der Waals surface area contributed by atoms with Crippen molar-refractivity contribution in [2.45, 2.75) is 19.1 Å². The van der Waals surface area contributed by atoms with Gasteiger partial charge < -0.3 is 4.74 Å². The molecule has 1 aromatic heterocycles. The molecular formula is C17H15F3N4O4S. The van der Waals surface area contributed by atoms with Crippen LogP contribution in [0.5, 0.6) is 0 Å². The Morgan fingerprint density at radius 2 is 2.03 bits per heavy atom. The maximum absolute atomic E-state index is 14.6. The second-order valence-electron chi connectivity index (χ2n) is 6.73. The van der Waals surface area contributed by atoms with Crippen molar-refractivity contribution >= 4 is 27.2 Å². The Kier molecular flexibility index (Phi) is 4.81. The van der Waals surface area contributed by atoms with Gasteiger partial charge in [-0.05, 0) is 30.2 Å². The number of amides is 1. The van der Waals surface area contributed by atoms with Crippen molar-refractivity contribution in [3.05, 3.63) is 47.6 Å². The van der Waals surface area contributed by atoms with Crippen LogP contribution in [0.15, 0.2) is 24.3 Å². The molecule has 1 atom stereocenters. The van der Waals surface area contributed by atoms with Crippen LogP contribution in [0.1, 0.15) is 12.0 Å². The average molecular weight is 428 g/mol. The van der Waals surface area contributed by atoms with Gasteiger partial charge in [0.05, 0.1) is 30.3 Å². The van der Waals surface area contributed by atoms with Crippen LogP contribution in [0.2, 0.25) is 0 Å². The monoisotopic (exact) mass is 428 g/mol. The number of ether oxygens (including phenoxy) is 1. The zero-order valence-electron chi connectivity index (χ0n) is 14.9. The van der Waals surface area contributed by atoms with Crippen LogP contribution in [0.3, 0.4) is 0 Å². The SMILES string of the molecule is O=C1O[C@@H](Cn2nnc(F)c2F)CN1c1ccc(C2=CCS(=O)(=O)CC2)c(F)c1. The molecule has 0 saturated carbocycles. The number of nitrogens with zero attached hydrogens (tertiary/aromatic N) is 4. The summed E-state index contributed by atoms with van der Waals surface area (Å²) in [5.74, 6) is -3.40. The van der Waals surface area contributed by atoms with Gasteiger partial charge in [0.15, 0.2) is 9.84 Å². The van der Waals surface area contributed by atoms with Gasteiger partial charge in [-0.15, -0.1) is 0 Å². The molecule has 0 spiro atoms. The van der Waals surface area contributed by atoms with Crippen molar-refractivity contribution in [1.29, 1.82) is 0 Å². The van der Waals surface area contributed by atoms with Gasteiger partial charge in [0, 0.05) is 5.56 Å². The third-order valence-electron chi connectivity index (χ3n) is 4.76. The molecule has 1 fully saturated rings. The molecule has 0 unspecified atom stereocenters. The molecule has 2 aliphatic heterocycles. The molecule has 8 nitrogen and oxygen atoms in total. The lowest BCUT2D eigenvalue weighted by Crippen LogP contribution is -2.26. The molecule has 4 rings (SSSR count). The molecule has 1 aromatic carbocycles. The van der Waals surface area contributed by atoms with Gasteiger partial charge in [-0.25, -0.2) is 22.3 Å². The first kappa shape index (κ1) is 19.4. The van der Waals surface area contributed by atoms with Crippen LogP contribution in [0, 0.1) is 17.7 Å². The molecule has 0 N–H and O–H groups in total. The summed E-state index contributed by atoms with van der Waals surface area (Å²) in [4.78, 5) is 13.3. The van der Waals surface area contributed by atoms with Crippen LogP contribution in [0.4, 0.5) is 23.7 Å². The fourth-order valence-corrected chi connectivity index (χ4v) is 4.43. The van der Waals surface area contributed by atoms with E-state index in [0.717, 1.165) is 6.07 Å². The largest absolute Gasteiger partial charge is 0.442 e. The predicted molar refractivity (Wildman–Crippen MR) is 95.2 cm³/mol. The van der Waals surface area contributed by atoms with E-state index in [4.69, 9.17) is 4.74 Å². The minimum absolute atomic E-state index is 0.0144. The first-order valence-corrected chi connectivity index (χ1v) is 10.5. The van der Waals surface area contributed by atoms with E-state index in [1.165, 1.54) is 23.1 Å². The first-order chi connectivity index (χ1) is 13.7. The molecule has 0 radical (unpaired) electrons. The van der Waals surface area contributed by atoms with Gasteiger partial charge in [0.2, 0.25) is 0 Å². The summed E-state index contributed by atoms with van der Waals surface area (Å²) in [6, 6.07) is 4.14. The number of carbonyl (C=O) groups excluding carboxylic acids is 1. The Morgan fingerprint density at radius 1 is 1.24 bits per heavy atom. The lowest BCUT2D eigenvalue weighted by molar-refractivity contribution is 0.126. The number of hydrogen-bond acceptors (Lipinski definition) is 6. The maximum atomic E-state index is 14.6. The molecule has 12 heteroatoms. The summed E-state index contributed by atoms with van der Waals surface area (Å²) in [6.45, 7) is -0.258. The topological polar surface area (TPSA) is 94.4 Å². The van der Waals surface area contributed by atoms with E-state index in [1.54, 1.807) is 0 Å². The van der Waals surface area contributed by atoms with Crippen LogP contribution < -0.4 is 4.90 Å². The number of hydrogen-bond donors (Lipinski definition) is 0. The van der Waals surface area contributed by atoms with Gasteiger partial charge in [-0.3, -0.25) is 4.90 Å². The van der Waals surface area contributed by atoms with E-state index in [9.17, 15) is 26.4 Å². The van der Waals surface area contributed by atoms with Crippen molar-refractivity contribution in [3.8, 4) is 0 Å². The number of benzene rings is 1. The van der Waals surface area contributed by atoms with Crippen LogP contribution in [-0.2, 0) is 21.1 Å². The molecular weight excluding hydrogens is 413 g/mol. The Labute approximate surface area is 163 Å². The number of sulfone groups is 1. The van der Waals surface area contributed by atoms with E-state index in [2.05, 4.69) is 10.3 Å². The number of rotatable bonds is 4. The summed E-state index contributed by atoms with van der Waals surface area (Å²) in [7, 11) is -3.13. The summed E-state index contributed by atoms with van der Waals surface area (Å²) in [5.41, 5.74) is 1.09. The highest BCUT2D eigenvalue weighted by Crippen LogP contribution is 2.30. The molecule has 154 valence electrons. The predicted octanol–water partition coefficient (Wildman–Crippen LogP) is 1.92. The number of cyclic esters (lactones) is 1. The summed E-state index contributed by atoms with van der Waals surface area (Å²) >= 11 is 0. The van der Waals surface area contributed by atoms with Gasteiger partial charge in [-0.2, -0.15) is 8.78 Å². The molecule has 2 aliphatic rings. The Morgan fingerprint density at radius 3 is 2.66 bits per heavy atom. The number of anilines is 1. The van der Waals surface area contributed by atoms with Gasteiger partial charge in [-0.1, -0.05) is 16.4 Å². The van der Waals surface area contributed by atoms with Crippen LogP contribution in [0.25, 0.3) is 5.57 Å². The second-order valence-corrected chi connectivity index (χ2v) is 8.96. The smallest absolute Gasteiger partial charge is 0.414 e. The van der Waals surface area contributed by atoms with Crippen molar-refractivity contribution in [2.24, 2.45) is 0 Å². The van der Waals surface area contributed by atoms with Gasteiger partial charge in [0.1, 0.15) is 11.9 Å². The fourth-order valence-electron chi connectivity index (χ4n) is 3.27. The highest BCUT2D eigenvalue weighted by atomic mass is 32.2. The number of aromatic nitrogens is 3. The highest BCUT2D eigenvalue weighted by molar-refractivity contribution is 7.91. The van der Waals surface area contributed by atoms with E-state index >= 15 is 0 Å². The van der Waals surface area contributed by atoms with E-state index < -0.39 is 39.7 Å². The van der Waals surface area contributed by atoms with Crippen molar-refractivity contribution in [2.75, 3.05) is 23.0 Å². The number of carbonyl (C=O) groups is 1. The zero-order chi connectivity index (χ0) is 20.8. The third kappa shape index (κ3) is 3.84. The normalized spacial score (nSPS) is 21.2. The minimum atomic E-state index is -3.13. The Balaban J connectivity index is 1.50. The van der Waals surface area contributed by atoms with Crippen LogP contribution in [-0.4, -0.2) is 53.7 Å². The van der Waals surface area contributed by atoms with E-state index in [0.29, 0.717) is 10.3 Å². The van der Waals surface area contributed by atoms with E-state index in [-0.39, 0.29) is 42.3 Å². The molecule has 0 bridgehead atoms. The number of halogens is 3. The lowest BCUT2D eigenvalue weighted by Gasteiger charge is -2.17. The Hall–Kier alpha value is -2.89. The van der Waals surface area contributed by atoms with Gasteiger partial charge >= 0.3 is 6.09 Å². The van der Waals surface area contributed by atoms with Gasteiger partial charge in [0.25, 0.3) is 11.9 Å². The first-order valence-electron chi connectivity index (χ1n) is 8.65. The highest BCUT2D eigenvalue weighted by Gasteiger charge is 2.34. The van der Waals surface area contributed by atoms with E-state index in [1.807, 2.05) is 0 Å². The molecule has 0 aliphatic carbocycles. The molecule has 29 heavy (non-hydrogen) atoms.